The van der Waals surface area contributed by atoms with E-state index in [0.29, 0.717) is 16.7 Å². The molecule has 29 heavy (non-hydrogen) atoms. The summed E-state index contributed by atoms with van der Waals surface area (Å²) in [7, 11) is -3.86. The van der Waals surface area contributed by atoms with Crippen molar-refractivity contribution in [3.63, 3.8) is 0 Å². The van der Waals surface area contributed by atoms with Gasteiger partial charge in [0.25, 0.3) is 5.91 Å². The van der Waals surface area contributed by atoms with E-state index in [2.05, 4.69) is 20.2 Å². The fourth-order valence-electron chi connectivity index (χ4n) is 2.30. The molecule has 0 aliphatic heterocycles. The van der Waals surface area contributed by atoms with Crippen LogP contribution in [0.15, 0.2) is 41.3 Å². The van der Waals surface area contributed by atoms with E-state index in [4.69, 9.17) is 11.6 Å². The minimum absolute atomic E-state index is 0.0271. The molecule has 7 nitrogen and oxygen atoms in total. The average Bonchev–Trinajstić information content (AvgIpc) is 3.14. The molecular formula is C17H13ClF2N4O3S2. The highest BCUT2D eigenvalue weighted by Gasteiger charge is 2.20. The topological polar surface area (TPSA) is 101 Å². The number of amides is 1. The molecule has 0 bridgehead atoms. The van der Waals surface area contributed by atoms with Crippen molar-refractivity contribution in [2.24, 2.45) is 0 Å². The van der Waals surface area contributed by atoms with Crippen molar-refractivity contribution >= 4 is 44.6 Å². The zero-order chi connectivity index (χ0) is 21.2. The lowest BCUT2D eigenvalue weighted by Crippen LogP contribution is -2.24. The smallest absolute Gasteiger partial charge is 0.286 e. The predicted octanol–water partition coefficient (Wildman–Crippen LogP) is 3.51. The van der Waals surface area contributed by atoms with E-state index in [9.17, 15) is 22.0 Å². The number of carbonyl (C=O) groups excluding carboxylic acids is 1. The second-order valence-corrected chi connectivity index (χ2v) is 8.97. The van der Waals surface area contributed by atoms with E-state index in [1.165, 1.54) is 12.1 Å². The minimum Gasteiger partial charge on any atom is -0.317 e. The van der Waals surface area contributed by atoms with Gasteiger partial charge in [0.15, 0.2) is 0 Å². The molecule has 0 saturated carbocycles. The molecule has 0 atom stereocenters. The van der Waals surface area contributed by atoms with Crippen molar-refractivity contribution in [1.29, 1.82) is 0 Å². The van der Waals surface area contributed by atoms with E-state index in [-0.39, 0.29) is 27.1 Å². The number of aromatic nitrogens is 2. The Kier molecular flexibility index (Phi) is 6.22. The molecule has 0 aliphatic rings. The van der Waals surface area contributed by atoms with Gasteiger partial charge in [-0.15, -0.1) is 10.2 Å². The van der Waals surface area contributed by atoms with Crippen molar-refractivity contribution in [2.75, 3.05) is 5.32 Å². The van der Waals surface area contributed by atoms with Crippen LogP contribution in [-0.2, 0) is 16.6 Å². The molecule has 3 rings (SSSR count). The van der Waals surface area contributed by atoms with Crippen molar-refractivity contribution < 1.29 is 22.0 Å². The van der Waals surface area contributed by atoms with Crippen LogP contribution in [-0.4, -0.2) is 24.5 Å². The van der Waals surface area contributed by atoms with Gasteiger partial charge in [-0.1, -0.05) is 29.0 Å². The van der Waals surface area contributed by atoms with Crippen LogP contribution in [0, 0.1) is 18.6 Å². The number of hydrogen-bond acceptors (Lipinski definition) is 6. The number of nitrogens with zero attached hydrogens (tertiary/aromatic N) is 2. The summed E-state index contributed by atoms with van der Waals surface area (Å²) in [6.07, 6.45) is 0. The first-order chi connectivity index (χ1) is 13.7. The molecule has 0 unspecified atom stereocenters. The first-order valence-corrected chi connectivity index (χ1v) is 10.7. The second kappa shape index (κ2) is 8.49. The molecule has 0 fully saturated rings. The van der Waals surface area contributed by atoms with E-state index in [1.807, 2.05) is 0 Å². The fraction of sp³-hybridized carbons (Fsp3) is 0.118. The number of carbonyl (C=O) groups is 1. The quantitative estimate of drug-likeness (QED) is 0.588. The standard InChI is InChI=1S/C17H13ClF2N4O3S2/c1-9-11(18)3-2-4-14(9)29(26,27)21-8-15-23-24-17(28-15)16(25)22-13-6-5-10(19)7-12(13)20/h2-7,21H,8H2,1H3,(H,22,25). The Hall–Kier alpha value is -2.47. The summed E-state index contributed by atoms with van der Waals surface area (Å²) in [5, 5.41) is 10.1. The molecule has 0 radical (unpaired) electrons. The van der Waals surface area contributed by atoms with Gasteiger partial charge in [-0.2, -0.15) is 0 Å². The van der Waals surface area contributed by atoms with Crippen LogP contribution >= 0.6 is 22.9 Å². The third-order valence-electron chi connectivity index (χ3n) is 3.76. The number of halogens is 3. The Labute approximate surface area is 173 Å². The van der Waals surface area contributed by atoms with Crippen molar-refractivity contribution in [2.45, 2.75) is 18.4 Å². The molecule has 1 heterocycles. The molecule has 0 spiro atoms. The van der Waals surface area contributed by atoms with Crippen LogP contribution in [0.3, 0.4) is 0 Å². The fourth-order valence-corrected chi connectivity index (χ4v) is 4.55. The summed E-state index contributed by atoms with van der Waals surface area (Å²) in [5.41, 5.74) is 0.186. The summed E-state index contributed by atoms with van der Waals surface area (Å²) in [6, 6.07) is 7.22. The highest BCUT2D eigenvalue weighted by Crippen LogP contribution is 2.23. The number of anilines is 1. The highest BCUT2D eigenvalue weighted by molar-refractivity contribution is 7.89. The molecular weight excluding hydrogens is 446 g/mol. The number of hydrogen-bond donors (Lipinski definition) is 2. The Morgan fingerprint density at radius 2 is 1.97 bits per heavy atom. The van der Waals surface area contributed by atoms with Crippen molar-refractivity contribution in [3.05, 3.63) is 68.6 Å². The molecule has 1 amide bonds. The summed E-state index contributed by atoms with van der Waals surface area (Å²) < 4.78 is 53.8. The molecule has 0 aliphatic carbocycles. The lowest BCUT2D eigenvalue weighted by molar-refractivity contribution is 0.102. The van der Waals surface area contributed by atoms with E-state index in [0.717, 1.165) is 23.5 Å². The molecule has 152 valence electrons. The minimum atomic E-state index is -3.86. The van der Waals surface area contributed by atoms with Gasteiger partial charge in [0.05, 0.1) is 17.1 Å². The molecule has 0 saturated heterocycles. The predicted molar refractivity (Wildman–Crippen MR) is 104 cm³/mol. The van der Waals surface area contributed by atoms with Crippen LogP contribution in [0.1, 0.15) is 20.4 Å². The molecule has 2 N–H and O–H groups in total. The van der Waals surface area contributed by atoms with Gasteiger partial charge in [-0.05, 0) is 36.8 Å². The average molecular weight is 459 g/mol. The van der Waals surface area contributed by atoms with Gasteiger partial charge in [-0.25, -0.2) is 21.9 Å². The Bertz CT molecular complexity index is 1190. The van der Waals surface area contributed by atoms with Crippen LogP contribution in [0.25, 0.3) is 0 Å². The van der Waals surface area contributed by atoms with Crippen LogP contribution < -0.4 is 10.0 Å². The first kappa shape index (κ1) is 21.2. The SMILES string of the molecule is Cc1c(Cl)cccc1S(=O)(=O)NCc1nnc(C(=O)Nc2ccc(F)cc2F)s1. The third kappa shape index (κ3) is 4.93. The van der Waals surface area contributed by atoms with Crippen molar-refractivity contribution in [1.82, 2.24) is 14.9 Å². The molecule has 1 aromatic heterocycles. The van der Waals surface area contributed by atoms with Crippen molar-refractivity contribution in [3.8, 4) is 0 Å². The molecule has 12 heteroatoms. The Balaban J connectivity index is 1.68. The Morgan fingerprint density at radius 1 is 1.21 bits per heavy atom. The van der Waals surface area contributed by atoms with Gasteiger partial charge in [0, 0.05) is 11.1 Å². The maximum Gasteiger partial charge on any atom is 0.286 e. The summed E-state index contributed by atoms with van der Waals surface area (Å²) >= 11 is 6.79. The molecule has 3 aromatic rings. The zero-order valence-electron chi connectivity index (χ0n) is 14.7. The van der Waals surface area contributed by atoms with E-state index in [1.54, 1.807) is 13.0 Å². The van der Waals surface area contributed by atoms with Crippen LogP contribution in [0.2, 0.25) is 5.02 Å². The second-order valence-electron chi connectivity index (χ2n) is 5.77. The lowest BCUT2D eigenvalue weighted by atomic mass is 10.2. The van der Waals surface area contributed by atoms with Crippen LogP contribution in [0.5, 0.6) is 0 Å². The van der Waals surface area contributed by atoms with Gasteiger partial charge >= 0.3 is 0 Å². The van der Waals surface area contributed by atoms with E-state index < -0.39 is 27.6 Å². The summed E-state index contributed by atoms with van der Waals surface area (Å²) in [6.45, 7) is 1.38. The van der Waals surface area contributed by atoms with Gasteiger partial charge in [0.1, 0.15) is 16.6 Å². The lowest BCUT2D eigenvalue weighted by Gasteiger charge is -2.09. The monoisotopic (exact) mass is 458 g/mol. The number of rotatable bonds is 6. The maximum absolute atomic E-state index is 13.6. The number of nitrogens with one attached hydrogen (secondary N) is 2. The number of benzene rings is 2. The first-order valence-electron chi connectivity index (χ1n) is 8.01. The van der Waals surface area contributed by atoms with Gasteiger partial charge in [0.2, 0.25) is 15.0 Å². The largest absolute Gasteiger partial charge is 0.317 e. The molecule has 2 aromatic carbocycles. The maximum atomic E-state index is 13.6. The summed E-state index contributed by atoms with van der Waals surface area (Å²) in [4.78, 5) is 12.2. The zero-order valence-corrected chi connectivity index (χ0v) is 17.1. The van der Waals surface area contributed by atoms with Gasteiger partial charge in [-0.3, -0.25) is 4.79 Å². The Morgan fingerprint density at radius 3 is 2.69 bits per heavy atom. The van der Waals surface area contributed by atoms with E-state index >= 15 is 0 Å². The third-order valence-corrected chi connectivity index (χ3v) is 6.64. The number of sulfonamides is 1. The highest BCUT2D eigenvalue weighted by atomic mass is 35.5. The van der Waals surface area contributed by atoms with Crippen LogP contribution in [0.4, 0.5) is 14.5 Å². The summed E-state index contributed by atoms with van der Waals surface area (Å²) in [5.74, 6) is -2.47. The van der Waals surface area contributed by atoms with Gasteiger partial charge < -0.3 is 5.32 Å². The normalized spacial score (nSPS) is 11.4.